The molecule has 7 heteroatoms. The first kappa shape index (κ1) is 16.1. The molecule has 2 heterocycles. The van der Waals surface area contributed by atoms with Crippen LogP contribution in [0, 0.1) is 0 Å². The molecule has 0 amide bonds. The second-order valence-electron chi connectivity index (χ2n) is 5.35. The zero-order valence-corrected chi connectivity index (χ0v) is 14.9. The Hall–Kier alpha value is -2.34. The summed E-state index contributed by atoms with van der Waals surface area (Å²) >= 11 is 13.5. The largest absolute Gasteiger partial charge is 0.476 e. The van der Waals surface area contributed by atoms with Crippen LogP contribution in [0.4, 0.5) is 0 Å². The molecular weight excluding hydrogens is 379 g/mol. The van der Waals surface area contributed by atoms with Crippen molar-refractivity contribution in [3.8, 4) is 22.5 Å². The SMILES string of the molecule is O=C(O)c1c(-c2ccccc2)nc2scc(-c3ccc(Cl)c(Cl)c3)n12. The van der Waals surface area contributed by atoms with Crippen LogP contribution in [0.2, 0.25) is 10.0 Å². The number of rotatable bonds is 3. The maximum absolute atomic E-state index is 12.0. The maximum atomic E-state index is 12.0. The molecule has 0 aliphatic carbocycles. The number of carboxylic acids is 1. The summed E-state index contributed by atoms with van der Waals surface area (Å²) in [6.07, 6.45) is 0. The Labute approximate surface area is 156 Å². The van der Waals surface area contributed by atoms with Gasteiger partial charge < -0.3 is 5.11 Å². The number of thiazole rings is 1. The third kappa shape index (κ3) is 2.70. The molecule has 0 atom stereocenters. The number of carbonyl (C=O) groups is 1. The van der Waals surface area contributed by atoms with Gasteiger partial charge in [-0.3, -0.25) is 4.40 Å². The number of fused-ring (bicyclic) bond motifs is 1. The van der Waals surface area contributed by atoms with Gasteiger partial charge in [0.15, 0.2) is 10.7 Å². The van der Waals surface area contributed by atoms with Gasteiger partial charge in [0.25, 0.3) is 0 Å². The Bertz CT molecular complexity index is 1100. The third-order valence-corrected chi connectivity index (χ3v) is 5.39. The second kappa shape index (κ2) is 6.19. The fraction of sp³-hybridized carbons (Fsp3) is 0. The minimum Gasteiger partial charge on any atom is -0.476 e. The fourth-order valence-electron chi connectivity index (χ4n) is 2.71. The Morgan fingerprint density at radius 2 is 1.80 bits per heavy atom. The molecule has 0 spiro atoms. The van der Waals surface area contributed by atoms with Crippen LogP contribution in [0.3, 0.4) is 0 Å². The van der Waals surface area contributed by atoms with Crippen LogP contribution < -0.4 is 0 Å². The lowest BCUT2D eigenvalue weighted by Gasteiger charge is -2.05. The molecule has 0 radical (unpaired) electrons. The van der Waals surface area contributed by atoms with Gasteiger partial charge in [-0.2, -0.15) is 0 Å². The monoisotopic (exact) mass is 388 g/mol. The summed E-state index contributed by atoms with van der Waals surface area (Å²) < 4.78 is 1.65. The third-order valence-electron chi connectivity index (χ3n) is 3.83. The number of nitrogens with zero attached hydrogens (tertiary/aromatic N) is 2. The van der Waals surface area contributed by atoms with Crippen molar-refractivity contribution in [1.82, 2.24) is 9.38 Å². The molecule has 0 bridgehead atoms. The number of carboxylic acid groups (broad SMARTS) is 1. The average molecular weight is 389 g/mol. The van der Waals surface area contributed by atoms with Crippen molar-refractivity contribution >= 4 is 45.5 Å². The van der Waals surface area contributed by atoms with E-state index in [9.17, 15) is 9.90 Å². The number of aromatic nitrogens is 2. The molecule has 4 rings (SSSR count). The Morgan fingerprint density at radius 1 is 1.04 bits per heavy atom. The fourth-order valence-corrected chi connectivity index (χ4v) is 3.91. The van der Waals surface area contributed by atoms with Gasteiger partial charge in [0.1, 0.15) is 5.69 Å². The molecule has 4 aromatic rings. The number of benzene rings is 2. The predicted octanol–water partition coefficient (Wildman–Crippen LogP) is 5.73. The van der Waals surface area contributed by atoms with Gasteiger partial charge in [-0.15, -0.1) is 11.3 Å². The molecule has 124 valence electrons. The lowest BCUT2D eigenvalue weighted by atomic mass is 10.1. The smallest absolute Gasteiger partial charge is 0.355 e. The number of imidazole rings is 1. The second-order valence-corrected chi connectivity index (χ2v) is 7.00. The van der Waals surface area contributed by atoms with Gasteiger partial charge in [0.2, 0.25) is 0 Å². The Balaban J connectivity index is 2.00. The molecule has 4 nitrogen and oxygen atoms in total. The summed E-state index contributed by atoms with van der Waals surface area (Å²) in [6, 6.07) is 14.5. The number of hydrogen-bond acceptors (Lipinski definition) is 3. The molecule has 0 aliphatic rings. The predicted molar refractivity (Wildman–Crippen MR) is 101 cm³/mol. The van der Waals surface area contributed by atoms with E-state index < -0.39 is 5.97 Å². The summed E-state index contributed by atoms with van der Waals surface area (Å²) in [7, 11) is 0. The van der Waals surface area contributed by atoms with Gasteiger partial charge in [-0.1, -0.05) is 59.6 Å². The zero-order chi connectivity index (χ0) is 17.6. The van der Waals surface area contributed by atoms with Crippen molar-refractivity contribution < 1.29 is 9.90 Å². The van der Waals surface area contributed by atoms with Gasteiger partial charge in [-0.25, -0.2) is 9.78 Å². The van der Waals surface area contributed by atoms with E-state index in [-0.39, 0.29) is 5.69 Å². The molecule has 1 N–H and O–H groups in total. The molecule has 0 unspecified atom stereocenters. The van der Waals surface area contributed by atoms with Crippen molar-refractivity contribution in [1.29, 1.82) is 0 Å². The highest BCUT2D eigenvalue weighted by atomic mass is 35.5. The van der Waals surface area contributed by atoms with Gasteiger partial charge in [0.05, 0.1) is 15.7 Å². The van der Waals surface area contributed by atoms with Crippen LogP contribution in [-0.4, -0.2) is 20.5 Å². The summed E-state index contributed by atoms with van der Waals surface area (Å²) in [5, 5.41) is 12.5. The molecule has 25 heavy (non-hydrogen) atoms. The first-order chi connectivity index (χ1) is 12.1. The van der Waals surface area contributed by atoms with Crippen molar-refractivity contribution in [3.05, 3.63) is 69.7 Å². The highest BCUT2D eigenvalue weighted by Crippen LogP contribution is 2.35. The van der Waals surface area contributed by atoms with Crippen molar-refractivity contribution in [2.45, 2.75) is 0 Å². The van der Waals surface area contributed by atoms with E-state index in [1.165, 1.54) is 11.3 Å². The van der Waals surface area contributed by atoms with Crippen LogP contribution in [0.15, 0.2) is 53.9 Å². The summed E-state index contributed by atoms with van der Waals surface area (Å²) in [6.45, 7) is 0. The number of halogens is 2. The molecule has 2 aromatic heterocycles. The minimum absolute atomic E-state index is 0.128. The van der Waals surface area contributed by atoms with Crippen molar-refractivity contribution in [2.24, 2.45) is 0 Å². The van der Waals surface area contributed by atoms with Gasteiger partial charge in [-0.05, 0) is 12.1 Å². The highest BCUT2D eigenvalue weighted by molar-refractivity contribution is 7.15. The molecule has 0 saturated carbocycles. The summed E-state index contributed by atoms with van der Waals surface area (Å²) in [5.74, 6) is -1.04. The molecule has 2 aromatic carbocycles. The van der Waals surface area contributed by atoms with E-state index in [1.54, 1.807) is 16.5 Å². The highest BCUT2D eigenvalue weighted by Gasteiger charge is 2.23. The van der Waals surface area contributed by atoms with E-state index in [0.29, 0.717) is 26.4 Å². The first-order valence-electron chi connectivity index (χ1n) is 7.30. The standard InChI is InChI=1S/C18H10Cl2N2O2S/c19-12-7-6-11(8-13(12)20)14-9-25-18-21-15(10-4-2-1-3-5-10)16(17(23)24)22(14)18/h1-9H,(H,23,24). The van der Waals surface area contributed by atoms with Crippen LogP contribution >= 0.6 is 34.5 Å². The van der Waals surface area contributed by atoms with E-state index in [2.05, 4.69) is 4.98 Å². The number of aromatic carboxylic acids is 1. The van der Waals surface area contributed by atoms with Crippen LogP contribution in [-0.2, 0) is 0 Å². The van der Waals surface area contributed by atoms with Crippen LogP contribution in [0.1, 0.15) is 10.5 Å². The summed E-state index contributed by atoms with van der Waals surface area (Å²) in [5.41, 5.74) is 2.83. The lowest BCUT2D eigenvalue weighted by Crippen LogP contribution is -2.04. The number of hydrogen-bond donors (Lipinski definition) is 1. The van der Waals surface area contributed by atoms with E-state index >= 15 is 0 Å². The Kier molecular flexibility index (Phi) is 4.00. The topological polar surface area (TPSA) is 54.6 Å². The molecule has 0 saturated heterocycles. The lowest BCUT2D eigenvalue weighted by molar-refractivity contribution is 0.0690. The quantitative estimate of drug-likeness (QED) is 0.487. The zero-order valence-electron chi connectivity index (χ0n) is 12.6. The van der Waals surface area contributed by atoms with E-state index in [4.69, 9.17) is 23.2 Å². The molecule has 0 aliphatic heterocycles. The molecular formula is C18H10Cl2N2O2S. The van der Waals surface area contributed by atoms with Crippen molar-refractivity contribution in [2.75, 3.05) is 0 Å². The van der Waals surface area contributed by atoms with Gasteiger partial charge in [0, 0.05) is 16.5 Å². The van der Waals surface area contributed by atoms with Gasteiger partial charge >= 0.3 is 5.97 Å². The average Bonchev–Trinajstić information content (AvgIpc) is 3.17. The van der Waals surface area contributed by atoms with Crippen molar-refractivity contribution in [3.63, 3.8) is 0 Å². The van der Waals surface area contributed by atoms with Crippen LogP contribution in [0.25, 0.3) is 27.5 Å². The minimum atomic E-state index is -1.04. The normalized spacial score (nSPS) is 11.1. The maximum Gasteiger partial charge on any atom is 0.355 e. The molecule has 0 fully saturated rings. The Morgan fingerprint density at radius 3 is 2.48 bits per heavy atom. The van der Waals surface area contributed by atoms with Crippen LogP contribution in [0.5, 0.6) is 0 Å². The van der Waals surface area contributed by atoms with E-state index in [0.717, 1.165) is 11.1 Å². The summed E-state index contributed by atoms with van der Waals surface area (Å²) in [4.78, 5) is 17.1. The first-order valence-corrected chi connectivity index (χ1v) is 8.94. The van der Waals surface area contributed by atoms with E-state index in [1.807, 2.05) is 41.8 Å².